The molecule has 0 saturated carbocycles. The average molecular weight is 355 g/mol. The van der Waals surface area contributed by atoms with Crippen molar-refractivity contribution in [3.63, 3.8) is 0 Å². The van der Waals surface area contributed by atoms with Crippen molar-refractivity contribution in [2.24, 2.45) is 0 Å². The Bertz CT molecular complexity index is 684. The van der Waals surface area contributed by atoms with Gasteiger partial charge in [0.05, 0.1) is 19.2 Å². The third-order valence-electron chi connectivity index (χ3n) is 3.19. The fraction of sp³-hybridized carbons (Fsp3) is 0.438. The van der Waals surface area contributed by atoms with E-state index in [1.165, 1.54) is 13.2 Å². The van der Waals surface area contributed by atoms with E-state index in [1.807, 2.05) is 0 Å². The number of halogens is 1. The van der Waals surface area contributed by atoms with Crippen molar-refractivity contribution in [1.82, 2.24) is 5.32 Å². The zero-order chi connectivity index (χ0) is 18.1. The highest BCUT2D eigenvalue weighted by Crippen LogP contribution is 2.33. The Balaban J connectivity index is 2.21. The minimum Gasteiger partial charge on any atom is -0.495 e. The van der Waals surface area contributed by atoms with Gasteiger partial charge in [0.25, 0.3) is 5.91 Å². The van der Waals surface area contributed by atoms with Gasteiger partial charge in [0.15, 0.2) is 0 Å². The van der Waals surface area contributed by atoms with Crippen molar-refractivity contribution in [1.29, 1.82) is 0 Å². The Labute approximate surface area is 144 Å². The summed E-state index contributed by atoms with van der Waals surface area (Å²) in [6, 6.07) is 2.96. The number of hydrogen-bond donors (Lipinski definition) is 1. The van der Waals surface area contributed by atoms with Crippen molar-refractivity contribution in [2.75, 3.05) is 12.0 Å². The van der Waals surface area contributed by atoms with Gasteiger partial charge in [-0.2, -0.15) is 0 Å². The van der Waals surface area contributed by atoms with Crippen LogP contribution in [0.2, 0.25) is 5.02 Å². The maximum absolute atomic E-state index is 12.5. The number of esters is 1. The molecule has 1 fully saturated rings. The summed E-state index contributed by atoms with van der Waals surface area (Å²) in [7, 11) is 1.42. The molecule has 3 amide bonds. The topological polar surface area (TPSA) is 84.9 Å². The fourth-order valence-corrected chi connectivity index (χ4v) is 2.45. The van der Waals surface area contributed by atoms with Crippen LogP contribution in [0.15, 0.2) is 18.2 Å². The highest BCUT2D eigenvalue weighted by atomic mass is 35.5. The van der Waals surface area contributed by atoms with Crippen LogP contribution in [-0.4, -0.2) is 36.7 Å². The van der Waals surface area contributed by atoms with Gasteiger partial charge in [-0.05, 0) is 39.0 Å². The molecule has 1 heterocycles. The van der Waals surface area contributed by atoms with Crippen molar-refractivity contribution in [2.45, 2.75) is 38.8 Å². The third-order valence-corrected chi connectivity index (χ3v) is 3.43. The molecule has 1 aliphatic rings. The first-order chi connectivity index (χ1) is 11.1. The van der Waals surface area contributed by atoms with Crippen LogP contribution >= 0.6 is 11.6 Å². The van der Waals surface area contributed by atoms with Crippen molar-refractivity contribution in [3.8, 4) is 5.75 Å². The lowest BCUT2D eigenvalue weighted by Gasteiger charge is -2.20. The van der Waals surface area contributed by atoms with E-state index in [0.717, 1.165) is 4.90 Å². The van der Waals surface area contributed by atoms with Crippen LogP contribution in [0.4, 0.5) is 10.5 Å². The van der Waals surface area contributed by atoms with Gasteiger partial charge >= 0.3 is 12.0 Å². The largest absolute Gasteiger partial charge is 0.495 e. The van der Waals surface area contributed by atoms with Gasteiger partial charge in [0.1, 0.15) is 17.4 Å². The average Bonchev–Trinajstić information content (AvgIpc) is 2.71. The molecular formula is C16H19ClN2O5. The Morgan fingerprint density at radius 2 is 2.00 bits per heavy atom. The van der Waals surface area contributed by atoms with Crippen LogP contribution in [0, 0.1) is 0 Å². The molecule has 2 rings (SSSR count). The second-order valence-corrected chi connectivity index (χ2v) is 6.72. The molecule has 0 unspecified atom stereocenters. The van der Waals surface area contributed by atoms with Gasteiger partial charge < -0.3 is 14.8 Å². The molecule has 1 aliphatic heterocycles. The van der Waals surface area contributed by atoms with Gasteiger partial charge in [-0.25, -0.2) is 9.69 Å². The molecule has 0 radical (unpaired) electrons. The Morgan fingerprint density at radius 1 is 1.33 bits per heavy atom. The lowest BCUT2D eigenvalue weighted by molar-refractivity contribution is -0.156. The van der Waals surface area contributed by atoms with Crippen LogP contribution in [0.3, 0.4) is 0 Å². The first-order valence-corrected chi connectivity index (χ1v) is 7.70. The molecule has 1 aromatic rings. The first-order valence-electron chi connectivity index (χ1n) is 7.32. The number of methoxy groups -OCH3 is 1. The summed E-state index contributed by atoms with van der Waals surface area (Å²) in [5.41, 5.74) is -0.447. The highest BCUT2D eigenvalue weighted by Gasteiger charge is 2.42. The highest BCUT2D eigenvalue weighted by molar-refractivity contribution is 6.31. The van der Waals surface area contributed by atoms with Gasteiger partial charge in [-0.1, -0.05) is 11.6 Å². The van der Waals surface area contributed by atoms with Crippen LogP contribution in [-0.2, 0) is 14.3 Å². The summed E-state index contributed by atoms with van der Waals surface area (Å²) < 4.78 is 10.3. The standard InChI is InChI=1S/C16H19ClN2O5/c1-16(2,3)24-13(20)8-10-14(21)19(15(22)18-10)11-7-9(17)5-6-12(11)23-4/h5-7,10H,8H2,1-4H3,(H,18,22)/t10-/m0/s1. The predicted octanol–water partition coefficient (Wildman–Crippen LogP) is 2.51. The maximum atomic E-state index is 12.5. The molecule has 1 aromatic carbocycles. The number of anilines is 1. The summed E-state index contributed by atoms with van der Waals surface area (Å²) in [6.45, 7) is 5.18. The number of carbonyl (C=O) groups excluding carboxylic acids is 3. The zero-order valence-corrected chi connectivity index (χ0v) is 14.6. The predicted molar refractivity (Wildman–Crippen MR) is 88.3 cm³/mol. The summed E-state index contributed by atoms with van der Waals surface area (Å²) in [5.74, 6) is -0.812. The number of ether oxygens (including phenoxy) is 2. The van der Waals surface area contributed by atoms with Crippen LogP contribution < -0.4 is 15.0 Å². The molecule has 0 bridgehead atoms. The van der Waals surface area contributed by atoms with Crippen molar-refractivity contribution < 1.29 is 23.9 Å². The summed E-state index contributed by atoms with van der Waals surface area (Å²) in [4.78, 5) is 37.5. The first kappa shape index (κ1) is 18.1. The lowest BCUT2D eigenvalue weighted by Crippen LogP contribution is -2.35. The van der Waals surface area contributed by atoms with E-state index >= 15 is 0 Å². The molecule has 0 aliphatic carbocycles. The summed E-state index contributed by atoms with van der Waals surface area (Å²) >= 11 is 5.94. The molecule has 1 atom stereocenters. The van der Waals surface area contributed by atoms with E-state index in [4.69, 9.17) is 21.1 Å². The van der Waals surface area contributed by atoms with Gasteiger partial charge in [0, 0.05) is 5.02 Å². The van der Waals surface area contributed by atoms with E-state index in [9.17, 15) is 14.4 Å². The Kier molecular flexibility index (Phi) is 5.03. The number of imide groups is 1. The monoisotopic (exact) mass is 354 g/mol. The second kappa shape index (κ2) is 6.68. The molecular weight excluding hydrogens is 336 g/mol. The maximum Gasteiger partial charge on any atom is 0.329 e. The van der Waals surface area contributed by atoms with E-state index in [-0.39, 0.29) is 12.1 Å². The molecule has 8 heteroatoms. The fourth-order valence-electron chi connectivity index (χ4n) is 2.29. The van der Waals surface area contributed by atoms with Crippen LogP contribution in [0.25, 0.3) is 0 Å². The number of amides is 3. The Morgan fingerprint density at radius 3 is 2.58 bits per heavy atom. The van der Waals surface area contributed by atoms with E-state index in [0.29, 0.717) is 10.8 Å². The van der Waals surface area contributed by atoms with Gasteiger partial charge in [0.2, 0.25) is 0 Å². The quantitative estimate of drug-likeness (QED) is 0.663. The van der Waals surface area contributed by atoms with E-state index < -0.39 is 29.6 Å². The smallest absolute Gasteiger partial charge is 0.329 e. The molecule has 0 spiro atoms. The number of rotatable bonds is 4. The van der Waals surface area contributed by atoms with Gasteiger partial charge in [-0.15, -0.1) is 0 Å². The Hall–Kier alpha value is -2.28. The number of carbonyl (C=O) groups is 3. The van der Waals surface area contributed by atoms with Crippen molar-refractivity contribution >= 4 is 35.2 Å². The number of hydrogen-bond acceptors (Lipinski definition) is 5. The van der Waals surface area contributed by atoms with Crippen LogP contribution in [0.1, 0.15) is 27.2 Å². The molecule has 1 N–H and O–H groups in total. The molecule has 1 saturated heterocycles. The summed E-state index contributed by atoms with van der Waals surface area (Å²) in [6.07, 6.45) is -0.249. The number of nitrogens with zero attached hydrogens (tertiary/aromatic N) is 1. The number of nitrogens with one attached hydrogen (secondary N) is 1. The van der Waals surface area contributed by atoms with E-state index in [1.54, 1.807) is 32.9 Å². The third kappa shape index (κ3) is 3.97. The second-order valence-electron chi connectivity index (χ2n) is 6.28. The minimum atomic E-state index is -0.990. The minimum absolute atomic E-state index is 0.221. The zero-order valence-electron chi connectivity index (χ0n) is 13.9. The molecule has 24 heavy (non-hydrogen) atoms. The van der Waals surface area contributed by atoms with Gasteiger partial charge in [-0.3, -0.25) is 9.59 Å². The number of benzene rings is 1. The van der Waals surface area contributed by atoms with Crippen molar-refractivity contribution in [3.05, 3.63) is 23.2 Å². The van der Waals surface area contributed by atoms with Crippen LogP contribution in [0.5, 0.6) is 5.75 Å². The molecule has 130 valence electrons. The number of urea groups is 1. The lowest BCUT2D eigenvalue weighted by atomic mass is 10.1. The normalized spacial score (nSPS) is 17.7. The SMILES string of the molecule is COc1ccc(Cl)cc1N1C(=O)N[C@@H](CC(=O)OC(C)(C)C)C1=O. The molecule has 7 nitrogen and oxygen atoms in total. The summed E-state index contributed by atoms with van der Waals surface area (Å²) in [5, 5.41) is 2.83. The molecule has 0 aromatic heterocycles. The van der Waals surface area contributed by atoms with E-state index in [2.05, 4.69) is 5.32 Å².